The lowest BCUT2D eigenvalue weighted by atomic mass is 10.3. The highest BCUT2D eigenvalue weighted by Gasteiger charge is 2.11. The van der Waals surface area contributed by atoms with Crippen LogP contribution in [0.5, 0.6) is 5.88 Å². The average Bonchev–Trinajstić information content (AvgIpc) is 2.93. The van der Waals surface area contributed by atoms with Gasteiger partial charge in [-0.2, -0.15) is 4.98 Å². The normalized spacial score (nSPS) is 9.67. The number of hydrogen-bond acceptors (Lipinski definition) is 6. The Balaban J connectivity index is 2.14. The first-order valence-corrected chi connectivity index (χ1v) is 6.99. The molecule has 2 aromatic rings. The van der Waals surface area contributed by atoms with Gasteiger partial charge in [-0.1, -0.05) is 11.8 Å². The molecule has 0 aliphatic carbocycles. The van der Waals surface area contributed by atoms with Crippen molar-refractivity contribution in [1.82, 2.24) is 9.97 Å². The molecule has 0 aromatic carbocycles. The van der Waals surface area contributed by atoms with Crippen LogP contribution in [0.1, 0.15) is 20.9 Å². The van der Waals surface area contributed by atoms with Crippen molar-refractivity contribution in [2.75, 3.05) is 19.0 Å². The molecule has 2 aromatic heterocycles. The summed E-state index contributed by atoms with van der Waals surface area (Å²) in [4.78, 5) is 21.1. The van der Waals surface area contributed by atoms with E-state index in [0.717, 1.165) is 4.88 Å². The third kappa shape index (κ3) is 4.02. The highest BCUT2D eigenvalue weighted by molar-refractivity contribution is 7.10. The molecule has 0 bridgehead atoms. The SMILES string of the molecule is COc1cc(C)nc(NC(=O)c2csc(C#CCN)c2)n1. The summed E-state index contributed by atoms with van der Waals surface area (Å²) in [6.45, 7) is 2.08. The maximum atomic E-state index is 12.1. The van der Waals surface area contributed by atoms with E-state index in [0.29, 0.717) is 17.1 Å². The van der Waals surface area contributed by atoms with Crippen LogP contribution in [0.25, 0.3) is 0 Å². The number of anilines is 1. The fourth-order valence-corrected chi connectivity index (χ4v) is 2.29. The third-order valence-corrected chi connectivity index (χ3v) is 3.29. The van der Waals surface area contributed by atoms with Crippen molar-refractivity contribution < 1.29 is 9.53 Å². The molecule has 2 heterocycles. The van der Waals surface area contributed by atoms with Crippen molar-refractivity contribution in [3.63, 3.8) is 0 Å². The van der Waals surface area contributed by atoms with Crippen molar-refractivity contribution in [3.8, 4) is 17.7 Å². The molecule has 6 nitrogen and oxygen atoms in total. The zero-order valence-electron chi connectivity index (χ0n) is 11.6. The monoisotopic (exact) mass is 302 g/mol. The van der Waals surface area contributed by atoms with Crippen LogP contribution in [-0.2, 0) is 0 Å². The fourth-order valence-electron chi connectivity index (χ4n) is 1.53. The highest BCUT2D eigenvalue weighted by Crippen LogP contribution is 2.16. The van der Waals surface area contributed by atoms with E-state index < -0.39 is 0 Å². The highest BCUT2D eigenvalue weighted by atomic mass is 32.1. The molecule has 0 fully saturated rings. The molecular weight excluding hydrogens is 288 g/mol. The van der Waals surface area contributed by atoms with Crippen LogP contribution in [0, 0.1) is 18.8 Å². The van der Waals surface area contributed by atoms with E-state index in [4.69, 9.17) is 10.5 Å². The summed E-state index contributed by atoms with van der Waals surface area (Å²) in [5, 5.41) is 4.36. The minimum atomic E-state index is -0.292. The van der Waals surface area contributed by atoms with Gasteiger partial charge in [0.25, 0.3) is 5.91 Å². The van der Waals surface area contributed by atoms with Crippen LogP contribution >= 0.6 is 11.3 Å². The number of ether oxygens (including phenoxy) is 1. The Hall–Kier alpha value is -2.43. The van der Waals surface area contributed by atoms with Crippen LogP contribution in [0.2, 0.25) is 0 Å². The van der Waals surface area contributed by atoms with Crippen molar-refractivity contribution in [2.45, 2.75) is 6.92 Å². The Labute approximate surface area is 126 Å². The molecule has 0 radical (unpaired) electrons. The van der Waals surface area contributed by atoms with Crippen molar-refractivity contribution in [1.29, 1.82) is 0 Å². The van der Waals surface area contributed by atoms with Gasteiger partial charge in [0, 0.05) is 17.1 Å². The first kappa shape index (κ1) is 15.0. The Kier molecular flexibility index (Phi) is 4.87. The van der Waals surface area contributed by atoms with Crippen LogP contribution in [0.3, 0.4) is 0 Å². The topological polar surface area (TPSA) is 90.1 Å². The second-order valence-corrected chi connectivity index (χ2v) is 4.95. The lowest BCUT2D eigenvalue weighted by Gasteiger charge is -2.05. The van der Waals surface area contributed by atoms with Gasteiger partial charge >= 0.3 is 0 Å². The molecule has 0 saturated carbocycles. The number of methoxy groups -OCH3 is 1. The molecule has 3 N–H and O–H groups in total. The number of rotatable bonds is 3. The average molecular weight is 302 g/mol. The van der Waals surface area contributed by atoms with E-state index in [1.54, 1.807) is 24.4 Å². The largest absolute Gasteiger partial charge is 0.481 e. The van der Waals surface area contributed by atoms with Gasteiger partial charge in [-0.25, -0.2) is 4.98 Å². The molecular formula is C14H14N4O2S. The Bertz CT molecular complexity index is 715. The Morgan fingerprint density at radius 1 is 1.48 bits per heavy atom. The molecule has 0 aliphatic heterocycles. The third-order valence-electron chi connectivity index (χ3n) is 2.44. The summed E-state index contributed by atoms with van der Waals surface area (Å²) in [6.07, 6.45) is 0. The number of nitrogens with one attached hydrogen (secondary N) is 1. The first-order chi connectivity index (χ1) is 10.1. The van der Waals surface area contributed by atoms with Gasteiger partial charge in [-0.3, -0.25) is 10.1 Å². The second kappa shape index (κ2) is 6.83. The maximum Gasteiger partial charge on any atom is 0.258 e. The summed E-state index contributed by atoms with van der Waals surface area (Å²) in [6, 6.07) is 3.39. The summed E-state index contributed by atoms with van der Waals surface area (Å²) in [5.41, 5.74) is 6.52. The summed E-state index contributed by atoms with van der Waals surface area (Å²) in [7, 11) is 1.51. The number of nitrogens with two attached hydrogens (primary N) is 1. The molecule has 108 valence electrons. The number of aryl methyl sites for hydroxylation is 1. The number of thiophene rings is 1. The second-order valence-electron chi connectivity index (χ2n) is 4.03. The minimum Gasteiger partial charge on any atom is -0.481 e. The number of nitrogens with zero attached hydrogens (tertiary/aromatic N) is 2. The number of amides is 1. The van der Waals surface area contributed by atoms with Crippen molar-refractivity contribution in [2.24, 2.45) is 5.73 Å². The van der Waals surface area contributed by atoms with Gasteiger partial charge in [-0.15, -0.1) is 11.3 Å². The number of carbonyl (C=O) groups is 1. The summed E-state index contributed by atoms with van der Waals surface area (Å²) < 4.78 is 5.04. The van der Waals surface area contributed by atoms with Gasteiger partial charge in [0.1, 0.15) is 0 Å². The lowest BCUT2D eigenvalue weighted by molar-refractivity contribution is 0.102. The quantitative estimate of drug-likeness (QED) is 0.837. The predicted molar refractivity (Wildman–Crippen MR) is 81.5 cm³/mol. The van der Waals surface area contributed by atoms with Crippen LogP contribution in [0.4, 0.5) is 5.95 Å². The molecule has 0 spiro atoms. The van der Waals surface area contributed by atoms with Crippen molar-refractivity contribution >= 4 is 23.2 Å². The zero-order valence-corrected chi connectivity index (χ0v) is 12.5. The number of carbonyl (C=O) groups excluding carboxylic acids is 1. The van der Waals surface area contributed by atoms with Gasteiger partial charge in [-0.05, 0) is 13.0 Å². The summed E-state index contributed by atoms with van der Waals surface area (Å²) >= 11 is 1.38. The Morgan fingerprint density at radius 2 is 2.29 bits per heavy atom. The maximum absolute atomic E-state index is 12.1. The van der Waals surface area contributed by atoms with E-state index >= 15 is 0 Å². The smallest absolute Gasteiger partial charge is 0.258 e. The molecule has 0 unspecified atom stereocenters. The minimum absolute atomic E-state index is 0.206. The molecule has 21 heavy (non-hydrogen) atoms. The predicted octanol–water partition coefficient (Wildman–Crippen LogP) is 1.42. The van der Waals surface area contributed by atoms with Crippen molar-refractivity contribution in [3.05, 3.63) is 33.6 Å². The molecule has 2 rings (SSSR count). The molecule has 0 aliphatic rings. The van der Waals surface area contributed by atoms with Crippen LogP contribution in [0.15, 0.2) is 17.5 Å². The molecule has 7 heteroatoms. The zero-order chi connectivity index (χ0) is 15.2. The Morgan fingerprint density at radius 3 is 3.00 bits per heavy atom. The van der Waals surface area contributed by atoms with E-state index in [1.807, 2.05) is 0 Å². The standard InChI is InChI=1S/C14H14N4O2S/c1-9-6-12(20-2)17-14(16-9)18-13(19)10-7-11(21-8-10)4-3-5-15/h6-8H,5,15H2,1-2H3,(H,16,17,18,19). The van der Waals surface area contributed by atoms with E-state index in [9.17, 15) is 4.79 Å². The van der Waals surface area contributed by atoms with E-state index in [1.165, 1.54) is 18.4 Å². The van der Waals surface area contributed by atoms with Gasteiger partial charge in [0.2, 0.25) is 11.8 Å². The van der Waals surface area contributed by atoms with Crippen LogP contribution < -0.4 is 15.8 Å². The van der Waals surface area contributed by atoms with Crippen LogP contribution in [-0.4, -0.2) is 29.5 Å². The first-order valence-electron chi connectivity index (χ1n) is 6.11. The fraction of sp³-hybridized carbons (Fsp3) is 0.214. The van der Waals surface area contributed by atoms with E-state index in [2.05, 4.69) is 27.1 Å². The molecule has 0 atom stereocenters. The number of hydrogen-bond donors (Lipinski definition) is 2. The van der Waals surface area contributed by atoms with E-state index in [-0.39, 0.29) is 18.4 Å². The van der Waals surface area contributed by atoms with Gasteiger partial charge in [0.15, 0.2) is 0 Å². The van der Waals surface area contributed by atoms with Gasteiger partial charge < -0.3 is 10.5 Å². The molecule has 1 amide bonds. The lowest BCUT2D eigenvalue weighted by Crippen LogP contribution is -2.14. The summed E-state index contributed by atoms with van der Waals surface area (Å²) in [5.74, 6) is 5.94. The van der Waals surface area contributed by atoms with Gasteiger partial charge in [0.05, 0.1) is 24.1 Å². The number of aromatic nitrogens is 2. The molecule has 0 saturated heterocycles.